The number of thiophene rings is 1. The van der Waals surface area contributed by atoms with E-state index in [2.05, 4.69) is 26.9 Å². The van der Waals surface area contributed by atoms with E-state index in [0.29, 0.717) is 23.4 Å². The molecule has 1 saturated heterocycles. The number of rotatable bonds is 6. The van der Waals surface area contributed by atoms with Crippen molar-refractivity contribution < 1.29 is 8.42 Å². The van der Waals surface area contributed by atoms with Gasteiger partial charge in [0.15, 0.2) is 5.96 Å². The van der Waals surface area contributed by atoms with Gasteiger partial charge in [0.1, 0.15) is 0 Å². The number of hydrogen-bond acceptors (Lipinski definition) is 4. The van der Waals surface area contributed by atoms with Crippen molar-refractivity contribution in [2.24, 2.45) is 10.4 Å². The average molecular weight is 527 g/mol. The van der Waals surface area contributed by atoms with Crippen LogP contribution in [0.15, 0.2) is 16.0 Å². The number of nitrogens with zero attached hydrogens (tertiary/aromatic N) is 2. The molecule has 2 N–H and O–H groups in total. The van der Waals surface area contributed by atoms with E-state index >= 15 is 0 Å². The van der Waals surface area contributed by atoms with Gasteiger partial charge in [0.05, 0.1) is 11.4 Å². The molecule has 1 aromatic heterocycles. The molecule has 0 radical (unpaired) electrons. The van der Waals surface area contributed by atoms with E-state index in [-0.39, 0.29) is 24.0 Å². The minimum absolute atomic E-state index is 0. The van der Waals surface area contributed by atoms with Crippen LogP contribution in [0, 0.1) is 19.3 Å². The largest absolute Gasteiger partial charge is 0.357 e. The Hall–Kier alpha value is -0.390. The maximum Gasteiger partial charge on any atom is 0.241 e. The lowest BCUT2D eigenvalue weighted by molar-refractivity contribution is 0.151. The van der Waals surface area contributed by atoms with Gasteiger partial charge in [0, 0.05) is 35.9 Å². The maximum absolute atomic E-state index is 12.4. The predicted octanol–water partition coefficient (Wildman–Crippen LogP) is 3.10. The minimum atomic E-state index is -3.46. The first-order valence-corrected chi connectivity index (χ1v) is 11.8. The number of nitrogens with one attached hydrogen (secondary N) is 2. The highest BCUT2D eigenvalue weighted by atomic mass is 127. The van der Waals surface area contributed by atoms with Crippen LogP contribution in [0.4, 0.5) is 0 Å². The van der Waals surface area contributed by atoms with E-state index in [4.69, 9.17) is 0 Å². The highest BCUT2D eigenvalue weighted by Gasteiger charge is 2.43. The van der Waals surface area contributed by atoms with Gasteiger partial charge in [-0.3, -0.25) is 4.99 Å². The predicted molar refractivity (Wildman–Crippen MR) is 123 cm³/mol. The first kappa shape index (κ1) is 22.9. The molecule has 2 fully saturated rings. The summed E-state index contributed by atoms with van der Waals surface area (Å²) in [7, 11) is -3.46. The van der Waals surface area contributed by atoms with Crippen molar-refractivity contribution in [2.45, 2.75) is 51.3 Å². The van der Waals surface area contributed by atoms with Gasteiger partial charge in [-0.05, 0) is 51.5 Å². The van der Waals surface area contributed by atoms with Crippen molar-refractivity contribution in [1.82, 2.24) is 14.9 Å². The smallest absolute Gasteiger partial charge is 0.241 e. The number of guanidine groups is 1. The fourth-order valence-electron chi connectivity index (χ4n) is 3.92. The van der Waals surface area contributed by atoms with Crippen molar-refractivity contribution in [3.05, 3.63) is 15.8 Å². The third-order valence-corrected chi connectivity index (χ3v) is 8.12. The van der Waals surface area contributed by atoms with E-state index in [1.807, 2.05) is 13.8 Å². The van der Waals surface area contributed by atoms with Gasteiger partial charge < -0.3 is 10.2 Å². The molecule has 1 aliphatic carbocycles. The normalized spacial score (nSPS) is 19.1. The Morgan fingerprint density at radius 1 is 1.33 bits per heavy atom. The summed E-state index contributed by atoms with van der Waals surface area (Å²) in [4.78, 5) is 9.22. The molecule has 0 unspecified atom stereocenters. The summed E-state index contributed by atoms with van der Waals surface area (Å²) in [5.74, 6) is 0.915. The zero-order chi connectivity index (χ0) is 18.8. The van der Waals surface area contributed by atoms with Gasteiger partial charge in [-0.25, -0.2) is 13.1 Å². The zero-order valence-electron chi connectivity index (χ0n) is 16.4. The summed E-state index contributed by atoms with van der Waals surface area (Å²) in [6, 6.07) is 1.73. The summed E-state index contributed by atoms with van der Waals surface area (Å²) >= 11 is 1.51. The van der Waals surface area contributed by atoms with Crippen LogP contribution in [0.3, 0.4) is 0 Å². The first-order valence-electron chi connectivity index (χ1n) is 9.45. The lowest BCUT2D eigenvalue weighted by Gasteiger charge is -2.38. The summed E-state index contributed by atoms with van der Waals surface area (Å²) in [6.07, 6.45) is 5.27. The van der Waals surface area contributed by atoms with Crippen molar-refractivity contribution in [1.29, 1.82) is 0 Å². The maximum atomic E-state index is 12.4. The minimum Gasteiger partial charge on any atom is -0.357 e. The molecule has 0 atom stereocenters. The number of aliphatic imine (C=N–C) groups is 1. The Morgan fingerprint density at radius 2 is 2.07 bits per heavy atom. The Bertz CT molecular complexity index is 772. The number of hydrogen-bond donors (Lipinski definition) is 2. The number of halogens is 1. The van der Waals surface area contributed by atoms with Crippen LogP contribution in [0.25, 0.3) is 0 Å². The van der Waals surface area contributed by atoms with Crippen molar-refractivity contribution in [3.8, 4) is 0 Å². The van der Waals surface area contributed by atoms with E-state index in [1.54, 1.807) is 6.07 Å². The monoisotopic (exact) mass is 526 g/mol. The highest BCUT2D eigenvalue weighted by Crippen LogP contribution is 2.47. The summed E-state index contributed by atoms with van der Waals surface area (Å²) < 4.78 is 27.6. The molecule has 1 aliphatic heterocycles. The number of aryl methyl sites for hydroxylation is 2. The number of sulfonamides is 1. The molecule has 27 heavy (non-hydrogen) atoms. The molecule has 1 aromatic rings. The van der Waals surface area contributed by atoms with Gasteiger partial charge in [-0.1, -0.05) is 6.42 Å². The van der Waals surface area contributed by atoms with E-state index < -0.39 is 10.0 Å². The van der Waals surface area contributed by atoms with Gasteiger partial charge in [0.25, 0.3) is 0 Å². The van der Waals surface area contributed by atoms with Crippen LogP contribution in [-0.2, 0) is 10.0 Å². The van der Waals surface area contributed by atoms with Crippen LogP contribution in [0.5, 0.6) is 0 Å². The molecule has 0 bridgehead atoms. The van der Waals surface area contributed by atoms with Crippen LogP contribution < -0.4 is 10.0 Å². The molecular weight excluding hydrogens is 495 g/mol. The van der Waals surface area contributed by atoms with Crippen LogP contribution in [-0.4, -0.2) is 52.0 Å². The molecule has 0 amide bonds. The fraction of sp³-hybridized carbons (Fsp3) is 0.722. The second kappa shape index (κ2) is 9.41. The second-order valence-electron chi connectivity index (χ2n) is 7.44. The molecule has 1 saturated carbocycles. The Morgan fingerprint density at radius 3 is 2.59 bits per heavy atom. The van der Waals surface area contributed by atoms with Gasteiger partial charge >= 0.3 is 0 Å². The third kappa shape index (κ3) is 5.36. The van der Waals surface area contributed by atoms with Crippen molar-refractivity contribution in [2.75, 3.05) is 32.7 Å². The summed E-state index contributed by atoms with van der Waals surface area (Å²) in [5, 5.41) is 3.35. The molecule has 2 heterocycles. The molecule has 154 valence electrons. The molecule has 2 aliphatic rings. The van der Waals surface area contributed by atoms with Crippen LogP contribution in [0.2, 0.25) is 0 Å². The molecular formula is C18H31IN4O2S2. The molecule has 1 spiro atoms. The molecule has 9 heteroatoms. The summed E-state index contributed by atoms with van der Waals surface area (Å²) in [6.45, 7) is 9.53. The fourth-order valence-corrected chi connectivity index (χ4v) is 6.49. The van der Waals surface area contributed by atoms with Crippen LogP contribution >= 0.6 is 35.3 Å². The van der Waals surface area contributed by atoms with Crippen molar-refractivity contribution in [3.63, 3.8) is 0 Å². The Labute approximate surface area is 184 Å². The Kier molecular flexibility index (Phi) is 7.98. The topological polar surface area (TPSA) is 73.8 Å². The van der Waals surface area contributed by atoms with Crippen LogP contribution in [0.1, 0.15) is 42.4 Å². The standard InChI is InChI=1S/C18H30N4O2S2.HI/c1-4-19-17(22-11-8-18(13-22)6-5-7-18)20-9-10-21-26(23,24)16-12-14(2)25-15(16)3;/h12,21H,4-11,13H2,1-3H3,(H,19,20);1H. The summed E-state index contributed by atoms with van der Waals surface area (Å²) in [5.41, 5.74) is 0.520. The van der Waals surface area contributed by atoms with E-state index in [9.17, 15) is 8.42 Å². The number of likely N-dealkylation sites (tertiary alicyclic amines) is 1. The highest BCUT2D eigenvalue weighted by molar-refractivity contribution is 14.0. The Balaban J connectivity index is 0.00000261. The SMILES string of the molecule is CCNC(=NCCNS(=O)(=O)c1cc(C)sc1C)N1CCC2(CCC2)C1.I. The average Bonchev–Trinajstić information content (AvgIpc) is 3.14. The first-order chi connectivity index (χ1) is 12.4. The van der Waals surface area contributed by atoms with Crippen molar-refractivity contribution >= 4 is 51.3 Å². The molecule has 0 aromatic carbocycles. The zero-order valence-corrected chi connectivity index (χ0v) is 20.3. The molecule has 3 rings (SSSR count). The third-order valence-electron chi connectivity index (χ3n) is 5.44. The van der Waals surface area contributed by atoms with Gasteiger partial charge in [-0.2, -0.15) is 0 Å². The second-order valence-corrected chi connectivity index (χ2v) is 10.6. The quantitative estimate of drug-likeness (QED) is 0.259. The molecule has 6 nitrogen and oxygen atoms in total. The van der Waals surface area contributed by atoms with E-state index in [1.165, 1.54) is 37.0 Å². The lowest BCUT2D eigenvalue weighted by Crippen LogP contribution is -2.43. The lowest BCUT2D eigenvalue weighted by atomic mass is 9.68. The van der Waals surface area contributed by atoms with Gasteiger partial charge in [0.2, 0.25) is 10.0 Å². The van der Waals surface area contributed by atoms with E-state index in [0.717, 1.165) is 35.3 Å². The van der Waals surface area contributed by atoms with Gasteiger partial charge in [-0.15, -0.1) is 35.3 Å².